The van der Waals surface area contributed by atoms with Crippen LogP contribution in [0.25, 0.3) is 0 Å². The number of anilines is 3. The second-order valence-corrected chi connectivity index (χ2v) is 5.24. The van der Waals surface area contributed by atoms with E-state index in [0.717, 1.165) is 0 Å². The average molecular weight is 390 g/mol. The largest absolute Gasteiger partial charge is 0.394 e. The average Bonchev–Trinajstić information content (AvgIpc) is 2.66. The molecule has 1 aromatic heterocycles. The second kappa shape index (κ2) is 15.2. The predicted octanol–water partition coefficient (Wildman–Crippen LogP) is -2.30. The molecular weight excluding hydrogens is 360 g/mol. The third kappa shape index (κ3) is 10.8. The standard InChI is InChI=1S/C15H30N6O6/c16-13-18-14(17-1-7-25-10-4-22)20-15(19-13)21(2-8-26-11-5-23)3-9-27-12-6-24/h22-24H,1-12H2,(H3,16,17,18,19,20). The van der Waals surface area contributed by atoms with Gasteiger partial charge in [0, 0.05) is 19.6 Å². The molecule has 1 aromatic rings. The fourth-order valence-corrected chi connectivity index (χ4v) is 2.00. The van der Waals surface area contributed by atoms with E-state index < -0.39 is 0 Å². The normalized spacial score (nSPS) is 10.9. The third-order valence-corrected chi connectivity index (χ3v) is 3.17. The molecule has 0 bridgehead atoms. The van der Waals surface area contributed by atoms with Crippen LogP contribution >= 0.6 is 0 Å². The number of hydrogen-bond donors (Lipinski definition) is 5. The number of rotatable bonds is 17. The molecule has 156 valence electrons. The zero-order valence-corrected chi connectivity index (χ0v) is 15.4. The fourth-order valence-electron chi connectivity index (χ4n) is 2.00. The van der Waals surface area contributed by atoms with Gasteiger partial charge in [0.15, 0.2) is 0 Å². The summed E-state index contributed by atoms with van der Waals surface area (Å²) >= 11 is 0. The van der Waals surface area contributed by atoms with Gasteiger partial charge in [-0.05, 0) is 0 Å². The number of nitrogens with two attached hydrogens (primary N) is 1. The van der Waals surface area contributed by atoms with Crippen LogP contribution in [0.3, 0.4) is 0 Å². The Balaban J connectivity index is 2.66. The highest BCUT2D eigenvalue weighted by Gasteiger charge is 2.13. The molecule has 12 nitrogen and oxygen atoms in total. The van der Waals surface area contributed by atoms with Crippen molar-refractivity contribution in [3.8, 4) is 0 Å². The van der Waals surface area contributed by atoms with E-state index >= 15 is 0 Å². The number of nitrogens with one attached hydrogen (secondary N) is 1. The van der Waals surface area contributed by atoms with E-state index in [2.05, 4.69) is 20.3 Å². The van der Waals surface area contributed by atoms with E-state index in [9.17, 15) is 0 Å². The molecular formula is C15H30N6O6. The number of aliphatic hydroxyl groups excluding tert-OH is 3. The van der Waals surface area contributed by atoms with Crippen molar-refractivity contribution in [3.05, 3.63) is 0 Å². The first kappa shape index (κ1) is 23.2. The van der Waals surface area contributed by atoms with Crippen LogP contribution in [0, 0.1) is 0 Å². The van der Waals surface area contributed by atoms with Gasteiger partial charge in [-0.2, -0.15) is 15.0 Å². The molecule has 0 aromatic carbocycles. The van der Waals surface area contributed by atoms with Gasteiger partial charge in [0.2, 0.25) is 17.8 Å². The lowest BCUT2D eigenvalue weighted by Crippen LogP contribution is -2.33. The first-order chi connectivity index (χ1) is 13.2. The summed E-state index contributed by atoms with van der Waals surface area (Å²) in [6, 6.07) is 0. The predicted molar refractivity (Wildman–Crippen MR) is 98.7 cm³/mol. The molecule has 0 aliphatic carbocycles. The number of aliphatic hydroxyl groups is 3. The molecule has 0 saturated carbocycles. The number of aromatic nitrogens is 3. The van der Waals surface area contributed by atoms with Crippen molar-refractivity contribution >= 4 is 17.8 Å². The topological polar surface area (TPSA) is 168 Å². The van der Waals surface area contributed by atoms with Crippen molar-refractivity contribution in [2.45, 2.75) is 0 Å². The Morgan fingerprint density at radius 2 is 1.33 bits per heavy atom. The van der Waals surface area contributed by atoms with Crippen LogP contribution in [0.1, 0.15) is 0 Å². The zero-order chi connectivity index (χ0) is 19.7. The van der Waals surface area contributed by atoms with Gasteiger partial charge >= 0.3 is 0 Å². The number of ether oxygens (including phenoxy) is 3. The van der Waals surface area contributed by atoms with E-state index in [1.54, 1.807) is 0 Å². The number of nitrogens with zero attached hydrogens (tertiary/aromatic N) is 4. The molecule has 6 N–H and O–H groups in total. The fraction of sp³-hybridized carbons (Fsp3) is 0.800. The van der Waals surface area contributed by atoms with Crippen molar-refractivity contribution in [1.82, 2.24) is 15.0 Å². The number of hydrogen-bond acceptors (Lipinski definition) is 12. The van der Waals surface area contributed by atoms with E-state index in [-0.39, 0.29) is 45.6 Å². The third-order valence-electron chi connectivity index (χ3n) is 3.17. The van der Waals surface area contributed by atoms with Gasteiger partial charge in [-0.1, -0.05) is 0 Å². The van der Waals surface area contributed by atoms with Gasteiger partial charge < -0.3 is 45.5 Å². The minimum Gasteiger partial charge on any atom is -0.394 e. The summed E-state index contributed by atoms with van der Waals surface area (Å²) in [4.78, 5) is 14.4. The minimum atomic E-state index is -0.0509. The summed E-state index contributed by atoms with van der Waals surface area (Å²) < 4.78 is 15.8. The highest BCUT2D eigenvalue weighted by Crippen LogP contribution is 2.12. The molecule has 1 rings (SSSR count). The highest BCUT2D eigenvalue weighted by atomic mass is 16.5. The van der Waals surface area contributed by atoms with Crippen molar-refractivity contribution in [1.29, 1.82) is 0 Å². The lowest BCUT2D eigenvalue weighted by molar-refractivity contribution is 0.0882. The van der Waals surface area contributed by atoms with Crippen LogP contribution in [0.2, 0.25) is 0 Å². The molecule has 0 atom stereocenters. The van der Waals surface area contributed by atoms with E-state index in [1.165, 1.54) is 0 Å². The quantitative estimate of drug-likeness (QED) is 0.181. The number of nitrogen functional groups attached to an aromatic ring is 1. The molecule has 0 radical (unpaired) electrons. The maximum absolute atomic E-state index is 8.79. The van der Waals surface area contributed by atoms with E-state index in [1.807, 2.05) is 4.90 Å². The zero-order valence-electron chi connectivity index (χ0n) is 15.4. The minimum absolute atomic E-state index is 0.0332. The molecule has 0 aliphatic rings. The van der Waals surface area contributed by atoms with Gasteiger partial charge in [0.1, 0.15) is 0 Å². The Labute approximate surface area is 158 Å². The maximum atomic E-state index is 8.79. The lowest BCUT2D eigenvalue weighted by atomic mass is 10.5. The molecule has 0 fully saturated rings. The van der Waals surface area contributed by atoms with Gasteiger partial charge in [-0.3, -0.25) is 0 Å². The van der Waals surface area contributed by atoms with Gasteiger partial charge in [0.25, 0.3) is 0 Å². The summed E-state index contributed by atoms with van der Waals surface area (Å²) in [5, 5.41) is 29.3. The second-order valence-electron chi connectivity index (χ2n) is 5.24. The molecule has 0 unspecified atom stereocenters. The van der Waals surface area contributed by atoms with Gasteiger partial charge in [0.05, 0.1) is 59.5 Å². The van der Waals surface area contributed by atoms with Crippen LogP contribution < -0.4 is 16.0 Å². The highest BCUT2D eigenvalue weighted by molar-refractivity contribution is 5.41. The Morgan fingerprint density at radius 1 is 0.778 bits per heavy atom. The van der Waals surface area contributed by atoms with Gasteiger partial charge in [-0.25, -0.2) is 0 Å². The van der Waals surface area contributed by atoms with E-state index in [4.69, 9.17) is 35.3 Å². The van der Waals surface area contributed by atoms with Crippen molar-refractivity contribution in [2.75, 3.05) is 95.0 Å². The molecule has 12 heteroatoms. The molecule has 27 heavy (non-hydrogen) atoms. The Bertz CT molecular complexity index is 486. The van der Waals surface area contributed by atoms with Crippen molar-refractivity contribution < 1.29 is 29.5 Å². The summed E-state index contributed by atoms with van der Waals surface area (Å²) in [7, 11) is 0. The van der Waals surface area contributed by atoms with Crippen molar-refractivity contribution in [2.24, 2.45) is 0 Å². The molecule has 0 saturated heterocycles. The molecule has 0 spiro atoms. The first-order valence-corrected chi connectivity index (χ1v) is 8.77. The smallest absolute Gasteiger partial charge is 0.232 e. The monoisotopic (exact) mass is 390 g/mol. The van der Waals surface area contributed by atoms with Crippen LogP contribution in [0.5, 0.6) is 0 Å². The Hall–Kier alpha value is -1.83. The van der Waals surface area contributed by atoms with Crippen LogP contribution in [0.15, 0.2) is 0 Å². The summed E-state index contributed by atoms with van der Waals surface area (Å²) in [6.45, 7) is 3.11. The summed E-state index contributed by atoms with van der Waals surface area (Å²) in [5.74, 6) is 0.737. The molecule has 1 heterocycles. The van der Waals surface area contributed by atoms with Gasteiger partial charge in [-0.15, -0.1) is 0 Å². The van der Waals surface area contributed by atoms with Crippen LogP contribution in [-0.2, 0) is 14.2 Å². The Morgan fingerprint density at radius 3 is 1.89 bits per heavy atom. The van der Waals surface area contributed by atoms with Crippen LogP contribution in [-0.4, -0.2) is 109 Å². The lowest BCUT2D eigenvalue weighted by Gasteiger charge is -2.23. The molecule has 0 amide bonds. The summed E-state index contributed by atoms with van der Waals surface area (Å²) in [5.41, 5.74) is 5.78. The molecule has 0 aliphatic heterocycles. The Kier molecular flexibility index (Phi) is 13.1. The SMILES string of the molecule is Nc1nc(NCCOCCO)nc(N(CCOCCO)CCOCCO)n1. The maximum Gasteiger partial charge on any atom is 0.232 e. The first-order valence-electron chi connectivity index (χ1n) is 8.77. The van der Waals surface area contributed by atoms with Crippen molar-refractivity contribution in [3.63, 3.8) is 0 Å². The van der Waals surface area contributed by atoms with E-state index in [0.29, 0.717) is 51.4 Å². The summed E-state index contributed by atoms with van der Waals surface area (Å²) in [6.07, 6.45) is 0. The van der Waals surface area contributed by atoms with Crippen LogP contribution in [0.4, 0.5) is 17.8 Å².